The van der Waals surface area contributed by atoms with E-state index in [0.29, 0.717) is 17.0 Å². The number of halogens is 1. The maximum Gasteiger partial charge on any atom is 0.344 e. The van der Waals surface area contributed by atoms with Crippen molar-refractivity contribution in [3.63, 3.8) is 0 Å². The van der Waals surface area contributed by atoms with E-state index >= 15 is 0 Å². The maximum absolute atomic E-state index is 12.8. The zero-order valence-corrected chi connectivity index (χ0v) is 17.3. The molecule has 1 fully saturated rings. The molecule has 1 aliphatic heterocycles. The number of hydrogen-bond acceptors (Lipinski definition) is 6. The Morgan fingerprint density at radius 2 is 1.93 bits per heavy atom. The molecule has 28 heavy (non-hydrogen) atoms. The van der Waals surface area contributed by atoms with Gasteiger partial charge in [0, 0.05) is 10.0 Å². The van der Waals surface area contributed by atoms with Crippen LogP contribution in [-0.2, 0) is 14.3 Å². The Labute approximate surface area is 174 Å². The number of nitrogens with zero attached hydrogens (tertiary/aromatic N) is 1. The second-order valence-electron chi connectivity index (χ2n) is 5.63. The highest BCUT2D eigenvalue weighted by molar-refractivity contribution is 9.10. The van der Waals surface area contributed by atoms with Crippen LogP contribution in [0.5, 0.6) is 5.75 Å². The van der Waals surface area contributed by atoms with E-state index in [2.05, 4.69) is 15.9 Å². The van der Waals surface area contributed by atoms with Gasteiger partial charge in [-0.2, -0.15) is 0 Å². The summed E-state index contributed by atoms with van der Waals surface area (Å²) in [5.41, 5.74) is 1.08. The smallest absolute Gasteiger partial charge is 0.344 e. The third kappa shape index (κ3) is 4.63. The number of amides is 2. The zero-order valence-electron chi connectivity index (χ0n) is 14.9. The Kier molecular flexibility index (Phi) is 6.53. The number of ether oxygens (including phenoxy) is 2. The average molecular weight is 462 g/mol. The lowest BCUT2D eigenvalue weighted by atomic mass is 10.2. The summed E-state index contributed by atoms with van der Waals surface area (Å²) in [5, 5.41) is -0.369. The number of anilines is 1. The maximum atomic E-state index is 12.8. The second kappa shape index (κ2) is 9.07. The minimum Gasteiger partial charge on any atom is -0.481 e. The Bertz CT molecular complexity index is 945. The molecule has 0 bridgehead atoms. The van der Waals surface area contributed by atoms with Crippen molar-refractivity contribution in [1.82, 2.24) is 0 Å². The van der Waals surface area contributed by atoms with E-state index in [9.17, 15) is 14.4 Å². The molecule has 0 aliphatic carbocycles. The molecule has 0 saturated carbocycles. The van der Waals surface area contributed by atoms with Crippen molar-refractivity contribution in [2.75, 3.05) is 18.1 Å². The number of thioether (sulfide) groups is 1. The summed E-state index contributed by atoms with van der Waals surface area (Å²) in [7, 11) is 0. The number of hydrogen-bond donors (Lipinski definition) is 0. The highest BCUT2D eigenvalue weighted by Gasteiger charge is 2.36. The van der Waals surface area contributed by atoms with Gasteiger partial charge < -0.3 is 9.47 Å². The molecule has 0 aromatic heterocycles. The Morgan fingerprint density at radius 3 is 2.64 bits per heavy atom. The molecule has 0 atom stereocenters. The van der Waals surface area contributed by atoms with E-state index in [-0.39, 0.29) is 23.4 Å². The molecule has 2 aromatic rings. The van der Waals surface area contributed by atoms with Crippen molar-refractivity contribution in [1.29, 1.82) is 0 Å². The van der Waals surface area contributed by atoms with Crippen LogP contribution < -0.4 is 9.64 Å². The van der Waals surface area contributed by atoms with Gasteiger partial charge in [-0.1, -0.05) is 34.1 Å². The van der Waals surface area contributed by atoms with Gasteiger partial charge in [0.15, 0.2) is 6.61 Å². The minimum atomic E-state index is -0.485. The molecule has 2 aromatic carbocycles. The molecule has 144 valence electrons. The van der Waals surface area contributed by atoms with Crippen molar-refractivity contribution >= 4 is 56.6 Å². The summed E-state index contributed by atoms with van der Waals surface area (Å²) in [5.74, 6) is -0.485. The van der Waals surface area contributed by atoms with Crippen LogP contribution in [-0.4, -0.2) is 30.3 Å². The molecule has 0 radical (unpaired) electrons. The molecule has 1 saturated heterocycles. The SMILES string of the molecule is CCOC(=O)COc1ccc(Br)cc1/C=C1\SC(=O)N(c2ccccc2)C1=O. The van der Waals surface area contributed by atoms with Crippen LogP contribution in [0.3, 0.4) is 0 Å². The van der Waals surface area contributed by atoms with Crippen molar-refractivity contribution in [2.45, 2.75) is 6.92 Å². The zero-order chi connectivity index (χ0) is 20.1. The predicted molar refractivity (Wildman–Crippen MR) is 111 cm³/mol. The lowest BCUT2D eigenvalue weighted by molar-refractivity contribution is -0.145. The first-order valence-corrected chi connectivity index (χ1v) is 10.0. The van der Waals surface area contributed by atoms with Gasteiger partial charge in [0.1, 0.15) is 5.75 Å². The number of carbonyl (C=O) groups excluding carboxylic acids is 3. The summed E-state index contributed by atoms with van der Waals surface area (Å²) < 4.78 is 11.2. The summed E-state index contributed by atoms with van der Waals surface area (Å²) in [6.07, 6.45) is 1.58. The fourth-order valence-corrected chi connectivity index (χ4v) is 3.72. The van der Waals surface area contributed by atoms with Gasteiger partial charge in [-0.05, 0) is 55.1 Å². The van der Waals surface area contributed by atoms with Gasteiger partial charge >= 0.3 is 5.97 Å². The molecule has 2 amide bonds. The van der Waals surface area contributed by atoms with Crippen LogP contribution in [0.1, 0.15) is 12.5 Å². The Balaban J connectivity index is 1.87. The second-order valence-corrected chi connectivity index (χ2v) is 7.54. The topological polar surface area (TPSA) is 72.9 Å². The third-order valence-electron chi connectivity index (χ3n) is 3.72. The number of esters is 1. The van der Waals surface area contributed by atoms with Crippen LogP contribution >= 0.6 is 27.7 Å². The van der Waals surface area contributed by atoms with E-state index in [1.165, 1.54) is 0 Å². The Morgan fingerprint density at radius 1 is 1.18 bits per heavy atom. The van der Waals surface area contributed by atoms with E-state index in [1.807, 2.05) is 6.07 Å². The largest absolute Gasteiger partial charge is 0.481 e. The Hall–Kier alpha value is -2.58. The minimum absolute atomic E-state index is 0.248. The highest BCUT2D eigenvalue weighted by atomic mass is 79.9. The van der Waals surface area contributed by atoms with Crippen molar-refractivity contribution < 1.29 is 23.9 Å². The number of imide groups is 1. The van der Waals surface area contributed by atoms with Crippen LogP contribution in [0.15, 0.2) is 57.9 Å². The van der Waals surface area contributed by atoms with Crippen LogP contribution in [0, 0.1) is 0 Å². The fraction of sp³-hybridized carbons (Fsp3) is 0.150. The summed E-state index contributed by atoms with van der Waals surface area (Å²) >= 11 is 4.24. The molecule has 3 rings (SSSR count). The highest BCUT2D eigenvalue weighted by Crippen LogP contribution is 2.37. The van der Waals surface area contributed by atoms with Crippen LogP contribution in [0.4, 0.5) is 10.5 Å². The first kappa shape index (κ1) is 20.2. The van der Waals surface area contributed by atoms with Gasteiger partial charge in [-0.25, -0.2) is 9.69 Å². The molecule has 6 nitrogen and oxygen atoms in total. The molecular formula is C20H16BrNO5S. The van der Waals surface area contributed by atoms with Gasteiger partial charge in [-0.15, -0.1) is 0 Å². The summed E-state index contributed by atoms with van der Waals surface area (Å²) in [6.45, 7) is 1.73. The van der Waals surface area contributed by atoms with Gasteiger partial charge in [0.05, 0.1) is 17.2 Å². The average Bonchev–Trinajstić information content (AvgIpc) is 2.95. The molecule has 0 unspecified atom stereocenters. The van der Waals surface area contributed by atoms with Gasteiger partial charge in [0.2, 0.25) is 0 Å². The molecule has 0 spiro atoms. The van der Waals surface area contributed by atoms with Crippen molar-refractivity contribution in [3.8, 4) is 5.75 Å². The van der Waals surface area contributed by atoms with Crippen LogP contribution in [0.2, 0.25) is 0 Å². The third-order valence-corrected chi connectivity index (χ3v) is 5.08. The first-order chi connectivity index (χ1) is 13.5. The summed E-state index contributed by atoms with van der Waals surface area (Å²) in [4.78, 5) is 38.1. The molecule has 8 heteroatoms. The number of rotatable bonds is 6. The summed E-state index contributed by atoms with van der Waals surface area (Å²) in [6, 6.07) is 13.9. The van der Waals surface area contributed by atoms with Crippen molar-refractivity contribution in [3.05, 3.63) is 63.5 Å². The van der Waals surface area contributed by atoms with Crippen molar-refractivity contribution in [2.24, 2.45) is 0 Å². The quantitative estimate of drug-likeness (QED) is 0.461. The van der Waals surface area contributed by atoms with Crippen LogP contribution in [0.25, 0.3) is 6.08 Å². The van der Waals surface area contributed by atoms with E-state index in [1.54, 1.807) is 55.5 Å². The lowest BCUT2D eigenvalue weighted by Gasteiger charge is -2.12. The molecule has 1 aliphatic rings. The number of carbonyl (C=O) groups is 3. The fourth-order valence-electron chi connectivity index (χ4n) is 2.51. The molecule has 0 N–H and O–H groups in total. The predicted octanol–water partition coefficient (Wildman–Crippen LogP) is 4.63. The standard InChI is InChI=1S/C20H16BrNO5S/c1-2-26-18(23)12-27-16-9-8-14(21)10-13(16)11-17-19(24)22(20(25)28-17)15-6-4-3-5-7-15/h3-11H,2,12H2,1H3/b17-11-. The lowest BCUT2D eigenvalue weighted by Crippen LogP contribution is -2.27. The monoisotopic (exact) mass is 461 g/mol. The normalized spacial score (nSPS) is 15.2. The van der Waals surface area contributed by atoms with Gasteiger partial charge in [0.25, 0.3) is 11.1 Å². The van der Waals surface area contributed by atoms with E-state index < -0.39 is 11.9 Å². The van der Waals surface area contributed by atoms with E-state index in [4.69, 9.17) is 9.47 Å². The van der Waals surface area contributed by atoms with E-state index in [0.717, 1.165) is 21.1 Å². The molecule has 1 heterocycles. The first-order valence-electron chi connectivity index (χ1n) is 8.40. The number of para-hydroxylation sites is 1. The molecular weight excluding hydrogens is 446 g/mol. The van der Waals surface area contributed by atoms with Gasteiger partial charge in [-0.3, -0.25) is 9.59 Å². The number of benzene rings is 2.